The molecule has 1 N–H and O–H groups in total. The zero-order valence-corrected chi connectivity index (χ0v) is 27.2. The van der Waals surface area contributed by atoms with E-state index in [9.17, 15) is 14.7 Å². The molecule has 1 aromatic carbocycles. The van der Waals surface area contributed by atoms with E-state index in [-0.39, 0.29) is 35.0 Å². The average molecular weight is 620 g/mol. The van der Waals surface area contributed by atoms with Crippen LogP contribution in [-0.4, -0.2) is 41.0 Å². The Balaban J connectivity index is 0.00000196. The van der Waals surface area contributed by atoms with E-state index >= 15 is 0 Å². The van der Waals surface area contributed by atoms with Gasteiger partial charge in [0.1, 0.15) is 28.8 Å². The van der Waals surface area contributed by atoms with Crippen LogP contribution in [0.5, 0.6) is 5.75 Å². The number of fused-ring (bicyclic) bond motifs is 4. The molecule has 2 aromatic heterocycles. The molecule has 0 radical (unpaired) electrons. The molecule has 0 spiro atoms. The number of aliphatic hydroxyl groups excluding tert-OH is 1. The van der Waals surface area contributed by atoms with Gasteiger partial charge < -0.3 is 28.5 Å². The molecule has 9 nitrogen and oxygen atoms in total. The van der Waals surface area contributed by atoms with Crippen molar-refractivity contribution in [2.75, 3.05) is 7.11 Å². The van der Waals surface area contributed by atoms with Gasteiger partial charge in [0.05, 0.1) is 12.2 Å². The molecule has 3 aromatic rings. The highest BCUT2D eigenvalue weighted by Crippen LogP contribution is 2.65. The maximum Gasteiger partial charge on any atom is 0.345 e. The van der Waals surface area contributed by atoms with Crippen LogP contribution >= 0.6 is 0 Å². The predicted molar refractivity (Wildman–Crippen MR) is 168 cm³/mol. The van der Waals surface area contributed by atoms with E-state index in [1.807, 2.05) is 51.1 Å². The van der Waals surface area contributed by atoms with Gasteiger partial charge >= 0.3 is 11.6 Å². The van der Waals surface area contributed by atoms with Gasteiger partial charge in [-0.2, -0.15) is 0 Å². The van der Waals surface area contributed by atoms with Crippen molar-refractivity contribution in [2.45, 2.75) is 91.0 Å². The number of ether oxygens (including phenoxy) is 4. The van der Waals surface area contributed by atoms with Gasteiger partial charge in [-0.15, -0.1) is 0 Å². The Bertz CT molecular complexity index is 1530. The molecule has 9 atom stereocenters. The summed E-state index contributed by atoms with van der Waals surface area (Å²) in [6, 6.07) is 15.0. The molecule has 0 amide bonds. The predicted octanol–water partition coefficient (Wildman–Crippen LogP) is 6.65. The molecule has 45 heavy (non-hydrogen) atoms. The van der Waals surface area contributed by atoms with Gasteiger partial charge in [-0.1, -0.05) is 58.0 Å². The molecule has 9 heteroatoms. The Morgan fingerprint density at radius 1 is 1.13 bits per heavy atom. The Morgan fingerprint density at radius 3 is 2.51 bits per heavy atom. The minimum atomic E-state index is -1.19. The highest BCUT2D eigenvalue weighted by Gasteiger charge is 2.67. The molecule has 242 valence electrons. The summed E-state index contributed by atoms with van der Waals surface area (Å²) < 4.78 is 30.7. The van der Waals surface area contributed by atoms with E-state index in [0.29, 0.717) is 18.4 Å². The monoisotopic (exact) mass is 619 g/mol. The third-order valence-electron chi connectivity index (χ3n) is 10.2. The molecule has 2 fully saturated rings. The molecule has 1 aliphatic heterocycles. The van der Waals surface area contributed by atoms with Gasteiger partial charge in [-0.05, 0) is 55.6 Å². The van der Waals surface area contributed by atoms with E-state index in [1.54, 1.807) is 37.7 Å². The fraction of sp³-hybridized carbons (Fsp3) is 0.528. The summed E-state index contributed by atoms with van der Waals surface area (Å²) in [6.07, 6.45) is 2.66. The SMILES string of the molecule is CC.COC(OC1CCC2(C)C(CC(OC(C)=O)C3(C)Oc4cc(-c5cccnc5)oc(=O)c4C(O)C23)C1C)c1ccccc1. The average Bonchev–Trinajstić information content (AvgIpc) is 3.03. The molecule has 9 unspecified atom stereocenters. The number of nitrogens with zero attached hydrogens (tertiary/aromatic N) is 1. The largest absolute Gasteiger partial charge is 0.482 e. The fourth-order valence-electron chi connectivity index (χ4n) is 8.24. The Kier molecular flexibility index (Phi) is 9.54. The fourth-order valence-corrected chi connectivity index (χ4v) is 8.24. The lowest BCUT2D eigenvalue weighted by atomic mass is 9.46. The van der Waals surface area contributed by atoms with Crippen molar-refractivity contribution in [3.8, 4) is 17.1 Å². The summed E-state index contributed by atoms with van der Waals surface area (Å²) in [5.41, 5.74) is -0.590. The molecule has 0 bridgehead atoms. The van der Waals surface area contributed by atoms with Crippen LogP contribution in [-0.2, 0) is 19.0 Å². The Hall–Kier alpha value is -3.53. The van der Waals surface area contributed by atoms with Crippen LogP contribution in [0.4, 0.5) is 0 Å². The van der Waals surface area contributed by atoms with E-state index in [1.165, 1.54) is 6.92 Å². The first-order chi connectivity index (χ1) is 21.6. The zero-order valence-electron chi connectivity index (χ0n) is 27.2. The van der Waals surface area contributed by atoms with Gasteiger partial charge in [-0.25, -0.2) is 4.79 Å². The number of esters is 1. The first-order valence-corrected chi connectivity index (χ1v) is 15.9. The van der Waals surface area contributed by atoms with Crippen molar-refractivity contribution in [1.29, 1.82) is 0 Å². The van der Waals surface area contributed by atoms with Crippen LogP contribution in [0.2, 0.25) is 0 Å². The molecule has 3 heterocycles. The number of aliphatic hydroxyl groups is 1. The molecule has 2 aliphatic carbocycles. The number of carbonyl (C=O) groups excluding carboxylic acids is 1. The maximum atomic E-state index is 13.4. The van der Waals surface area contributed by atoms with Crippen LogP contribution in [0, 0.1) is 23.2 Å². The van der Waals surface area contributed by atoms with E-state index < -0.39 is 47.0 Å². The second-order valence-electron chi connectivity index (χ2n) is 12.6. The summed E-state index contributed by atoms with van der Waals surface area (Å²) in [5.74, 6) is -0.452. The molecular formula is C36H45NO8. The van der Waals surface area contributed by atoms with E-state index in [4.69, 9.17) is 23.4 Å². The second kappa shape index (κ2) is 13.1. The summed E-state index contributed by atoms with van der Waals surface area (Å²) in [6.45, 7) is 11.6. The minimum absolute atomic E-state index is 0.0107. The van der Waals surface area contributed by atoms with Crippen LogP contribution < -0.4 is 10.4 Å². The standard InChI is InChI=1S/C34H39NO8.C2H6/c1-19-23-16-27(40-20(2)36)34(4)30(33(23,3)14-13-24(19)42-32(39-5)21-10-7-6-8-11-21)29(37)28-26(43-34)17-25(41-31(28)38)22-12-9-15-35-18-22;1-2/h6-12,15,17-19,23-24,27,29-30,32,37H,13-14,16H2,1-5H3;1-2H3. The lowest BCUT2D eigenvalue weighted by Gasteiger charge is -2.64. The van der Waals surface area contributed by atoms with Gasteiger partial charge in [0.25, 0.3) is 0 Å². The van der Waals surface area contributed by atoms with Crippen molar-refractivity contribution < 1.29 is 33.3 Å². The van der Waals surface area contributed by atoms with Crippen LogP contribution in [0.25, 0.3) is 11.3 Å². The first-order valence-electron chi connectivity index (χ1n) is 15.9. The number of hydrogen-bond donors (Lipinski definition) is 1. The summed E-state index contributed by atoms with van der Waals surface area (Å²) in [5, 5.41) is 12.1. The number of rotatable bonds is 6. The summed E-state index contributed by atoms with van der Waals surface area (Å²) in [7, 11) is 1.64. The number of hydrogen-bond acceptors (Lipinski definition) is 9. The zero-order chi connectivity index (χ0) is 32.5. The summed E-state index contributed by atoms with van der Waals surface area (Å²) in [4.78, 5) is 30.0. The van der Waals surface area contributed by atoms with Crippen LogP contribution in [0.3, 0.4) is 0 Å². The lowest BCUT2D eigenvalue weighted by Crippen LogP contribution is -2.69. The second-order valence-corrected chi connectivity index (χ2v) is 12.6. The van der Waals surface area contributed by atoms with Crippen LogP contribution in [0.1, 0.15) is 84.3 Å². The molecule has 3 aliphatic rings. The van der Waals surface area contributed by atoms with Crippen molar-refractivity contribution in [2.24, 2.45) is 23.2 Å². The summed E-state index contributed by atoms with van der Waals surface area (Å²) >= 11 is 0. The number of benzene rings is 1. The quantitative estimate of drug-likeness (QED) is 0.239. The van der Waals surface area contributed by atoms with E-state index in [2.05, 4.69) is 18.8 Å². The number of pyridine rings is 1. The van der Waals surface area contributed by atoms with Gasteiger partial charge in [0.2, 0.25) is 0 Å². The minimum Gasteiger partial charge on any atom is -0.482 e. The normalized spacial score (nSPS) is 32.4. The number of aromatic nitrogens is 1. The molecular weight excluding hydrogens is 574 g/mol. The van der Waals surface area contributed by atoms with E-state index in [0.717, 1.165) is 12.0 Å². The maximum absolute atomic E-state index is 13.4. The molecule has 0 saturated heterocycles. The number of methoxy groups -OCH3 is 1. The van der Waals surface area contributed by atoms with Crippen molar-refractivity contribution in [3.05, 3.63) is 82.5 Å². The Labute approximate surface area is 264 Å². The third kappa shape index (κ3) is 5.82. The third-order valence-corrected chi connectivity index (χ3v) is 10.2. The molecule has 2 saturated carbocycles. The highest BCUT2D eigenvalue weighted by molar-refractivity contribution is 5.66. The van der Waals surface area contributed by atoms with Gasteiger partial charge in [0.15, 0.2) is 6.29 Å². The van der Waals surface area contributed by atoms with Crippen molar-refractivity contribution in [3.63, 3.8) is 0 Å². The number of carbonyl (C=O) groups is 1. The smallest absolute Gasteiger partial charge is 0.345 e. The Morgan fingerprint density at radius 2 is 1.87 bits per heavy atom. The van der Waals surface area contributed by atoms with Gasteiger partial charge in [0, 0.05) is 49.5 Å². The first kappa shape index (κ1) is 32.9. The molecule has 6 rings (SSSR count). The van der Waals surface area contributed by atoms with Gasteiger partial charge in [-0.3, -0.25) is 9.78 Å². The highest BCUT2D eigenvalue weighted by atomic mass is 16.7. The van der Waals surface area contributed by atoms with Crippen LogP contribution in [0.15, 0.2) is 70.1 Å². The van der Waals surface area contributed by atoms with Crippen molar-refractivity contribution >= 4 is 5.97 Å². The topological polar surface area (TPSA) is 117 Å². The lowest BCUT2D eigenvalue weighted by molar-refractivity contribution is -0.262. The van der Waals surface area contributed by atoms with Crippen molar-refractivity contribution in [1.82, 2.24) is 4.98 Å².